The van der Waals surface area contributed by atoms with Crippen molar-refractivity contribution in [1.82, 2.24) is 4.90 Å². The van der Waals surface area contributed by atoms with Crippen molar-refractivity contribution in [3.8, 4) is 11.5 Å². The standard InChI is InChI=1S/C18H25NO5/c1-3-10-24-15-8-7-13(11-16(15)23-4-2)17(20)19-9-5-6-14(12-19)18(21)22/h7-8,11,14H,3-6,9-10,12H2,1-2H3,(H,21,22)/t14-/m0/s1. The molecule has 0 aliphatic carbocycles. The van der Waals surface area contributed by atoms with Gasteiger partial charge in [-0.3, -0.25) is 9.59 Å². The number of hydrogen-bond acceptors (Lipinski definition) is 4. The fourth-order valence-electron chi connectivity index (χ4n) is 2.79. The summed E-state index contributed by atoms with van der Waals surface area (Å²) in [4.78, 5) is 25.5. The maximum absolute atomic E-state index is 12.7. The van der Waals surface area contributed by atoms with Gasteiger partial charge in [0.1, 0.15) is 0 Å². The maximum Gasteiger partial charge on any atom is 0.308 e. The monoisotopic (exact) mass is 335 g/mol. The van der Waals surface area contributed by atoms with Gasteiger partial charge < -0.3 is 19.5 Å². The van der Waals surface area contributed by atoms with Crippen LogP contribution in [0.25, 0.3) is 0 Å². The minimum absolute atomic E-state index is 0.163. The molecule has 1 atom stereocenters. The van der Waals surface area contributed by atoms with Gasteiger partial charge >= 0.3 is 5.97 Å². The third-order valence-corrected chi connectivity index (χ3v) is 4.01. The van der Waals surface area contributed by atoms with Crippen LogP contribution >= 0.6 is 0 Å². The van der Waals surface area contributed by atoms with Crippen molar-refractivity contribution in [2.45, 2.75) is 33.1 Å². The van der Waals surface area contributed by atoms with E-state index in [4.69, 9.17) is 14.6 Å². The molecule has 2 rings (SSSR count). The van der Waals surface area contributed by atoms with Crippen LogP contribution in [0.15, 0.2) is 18.2 Å². The summed E-state index contributed by atoms with van der Waals surface area (Å²) in [6.07, 6.45) is 2.21. The smallest absolute Gasteiger partial charge is 0.308 e. The molecule has 0 bridgehead atoms. The van der Waals surface area contributed by atoms with Crippen molar-refractivity contribution in [2.24, 2.45) is 5.92 Å². The van der Waals surface area contributed by atoms with Crippen LogP contribution in [0.3, 0.4) is 0 Å². The van der Waals surface area contributed by atoms with Gasteiger partial charge in [-0.1, -0.05) is 6.92 Å². The highest BCUT2D eigenvalue weighted by Gasteiger charge is 2.29. The zero-order valence-corrected chi connectivity index (χ0v) is 14.3. The molecule has 0 spiro atoms. The Bertz CT molecular complexity index is 587. The number of nitrogens with zero attached hydrogens (tertiary/aromatic N) is 1. The third-order valence-electron chi connectivity index (χ3n) is 4.01. The Labute approximate surface area is 142 Å². The van der Waals surface area contributed by atoms with Gasteiger partial charge in [-0.05, 0) is 44.4 Å². The van der Waals surface area contributed by atoms with Gasteiger partial charge in [0.05, 0.1) is 19.1 Å². The molecule has 24 heavy (non-hydrogen) atoms. The lowest BCUT2D eigenvalue weighted by Gasteiger charge is -2.30. The summed E-state index contributed by atoms with van der Waals surface area (Å²) in [5.41, 5.74) is 0.494. The van der Waals surface area contributed by atoms with E-state index < -0.39 is 11.9 Å². The normalized spacial score (nSPS) is 17.4. The van der Waals surface area contributed by atoms with E-state index >= 15 is 0 Å². The Hall–Kier alpha value is -2.24. The van der Waals surface area contributed by atoms with Crippen molar-refractivity contribution in [3.63, 3.8) is 0 Å². The van der Waals surface area contributed by atoms with E-state index in [2.05, 4.69) is 0 Å². The number of hydrogen-bond donors (Lipinski definition) is 1. The van der Waals surface area contributed by atoms with Gasteiger partial charge in [-0.2, -0.15) is 0 Å². The van der Waals surface area contributed by atoms with Gasteiger partial charge in [0.25, 0.3) is 5.91 Å². The molecule has 6 nitrogen and oxygen atoms in total. The molecule has 1 saturated heterocycles. The molecular formula is C18H25NO5. The second kappa shape index (κ2) is 8.57. The third kappa shape index (κ3) is 4.40. The van der Waals surface area contributed by atoms with Crippen LogP contribution in [0.2, 0.25) is 0 Å². The van der Waals surface area contributed by atoms with Crippen LogP contribution in [-0.4, -0.2) is 48.2 Å². The number of carboxylic acids is 1. The minimum atomic E-state index is -0.842. The lowest BCUT2D eigenvalue weighted by atomic mass is 9.97. The van der Waals surface area contributed by atoms with Gasteiger partial charge in [-0.25, -0.2) is 0 Å². The van der Waals surface area contributed by atoms with Gasteiger partial charge in [0, 0.05) is 18.7 Å². The number of likely N-dealkylation sites (tertiary alicyclic amines) is 1. The van der Waals surface area contributed by atoms with E-state index in [1.165, 1.54) is 0 Å². The van der Waals surface area contributed by atoms with E-state index in [9.17, 15) is 9.59 Å². The first kappa shape index (κ1) is 18.1. The fraction of sp³-hybridized carbons (Fsp3) is 0.556. The summed E-state index contributed by atoms with van der Waals surface area (Å²) in [6, 6.07) is 5.13. The number of carbonyl (C=O) groups excluding carboxylic acids is 1. The quantitative estimate of drug-likeness (QED) is 0.829. The SMILES string of the molecule is CCCOc1ccc(C(=O)N2CCC[C@H](C(=O)O)C2)cc1OCC. The fourth-order valence-corrected chi connectivity index (χ4v) is 2.79. The summed E-state index contributed by atoms with van der Waals surface area (Å²) in [7, 11) is 0. The second-order valence-corrected chi connectivity index (χ2v) is 5.87. The number of rotatable bonds is 7. The van der Waals surface area contributed by atoms with Gasteiger partial charge in [-0.15, -0.1) is 0 Å². The average Bonchev–Trinajstić information content (AvgIpc) is 2.60. The summed E-state index contributed by atoms with van der Waals surface area (Å²) in [5.74, 6) is -0.322. The molecule has 1 amide bonds. The Morgan fingerprint density at radius 1 is 1.25 bits per heavy atom. The van der Waals surface area contributed by atoms with Crippen LogP contribution < -0.4 is 9.47 Å². The topological polar surface area (TPSA) is 76.1 Å². The van der Waals surface area contributed by atoms with Crippen molar-refractivity contribution >= 4 is 11.9 Å². The predicted molar refractivity (Wildman–Crippen MR) is 89.7 cm³/mol. The second-order valence-electron chi connectivity index (χ2n) is 5.87. The summed E-state index contributed by atoms with van der Waals surface area (Å²) in [6.45, 7) is 5.80. The Morgan fingerprint density at radius 3 is 2.71 bits per heavy atom. The molecule has 132 valence electrons. The number of ether oxygens (including phenoxy) is 2. The van der Waals surface area contributed by atoms with Crippen LogP contribution in [0.5, 0.6) is 11.5 Å². The molecule has 0 saturated carbocycles. The zero-order valence-electron chi connectivity index (χ0n) is 14.3. The summed E-state index contributed by atoms with van der Waals surface area (Å²) >= 11 is 0. The molecular weight excluding hydrogens is 310 g/mol. The minimum Gasteiger partial charge on any atom is -0.490 e. The van der Waals surface area contributed by atoms with E-state index in [0.29, 0.717) is 49.7 Å². The Balaban J connectivity index is 2.16. The molecule has 0 radical (unpaired) electrons. The molecule has 0 aromatic heterocycles. The maximum atomic E-state index is 12.7. The highest BCUT2D eigenvalue weighted by Crippen LogP contribution is 2.30. The van der Waals surface area contributed by atoms with Gasteiger partial charge in [0.15, 0.2) is 11.5 Å². The number of benzene rings is 1. The van der Waals surface area contributed by atoms with E-state index in [1.807, 2.05) is 13.8 Å². The molecule has 6 heteroatoms. The van der Waals surface area contributed by atoms with Gasteiger partial charge in [0.2, 0.25) is 0 Å². The Morgan fingerprint density at radius 2 is 2.04 bits per heavy atom. The first-order valence-corrected chi connectivity index (χ1v) is 8.48. The molecule has 1 heterocycles. The van der Waals surface area contributed by atoms with E-state index in [1.54, 1.807) is 23.1 Å². The number of carboxylic acid groups (broad SMARTS) is 1. The zero-order chi connectivity index (χ0) is 17.5. The predicted octanol–water partition coefficient (Wildman–Crippen LogP) is 2.81. The van der Waals surface area contributed by atoms with Crippen molar-refractivity contribution < 1.29 is 24.2 Å². The lowest BCUT2D eigenvalue weighted by molar-refractivity contribution is -0.143. The van der Waals surface area contributed by atoms with Crippen molar-refractivity contribution in [1.29, 1.82) is 0 Å². The molecule has 1 aromatic carbocycles. The van der Waals surface area contributed by atoms with Crippen molar-refractivity contribution in [3.05, 3.63) is 23.8 Å². The van der Waals surface area contributed by atoms with Crippen LogP contribution in [-0.2, 0) is 4.79 Å². The first-order chi connectivity index (χ1) is 11.6. The molecule has 1 N–H and O–H groups in total. The number of piperidine rings is 1. The van der Waals surface area contributed by atoms with Crippen LogP contribution in [0, 0.1) is 5.92 Å². The average molecular weight is 335 g/mol. The first-order valence-electron chi connectivity index (χ1n) is 8.48. The molecule has 1 aromatic rings. The lowest BCUT2D eigenvalue weighted by Crippen LogP contribution is -2.42. The van der Waals surface area contributed by atoms with Crippen LogP contribution in [0.4, 0.5) is 0 Å². The number of carbonyl (C=O) groups is 2. The summed E-state index contributed by atoms with van der Waals surface area (Å²) in [5, 5.41) is 9.17. The van der Waals surface area contributed by atoms with Crippen molar-refractivity contribution in [2.75, 3.05) is 26.3 Å². The molecule has 1 fully saturated rings. The molecule has 1 aliphatic rings. The van der Waals surface area contributed by atoms with E-state index in [-0.39, 0.29) is 12.5 Å². The highest BCUT2D eigenvalue weighted by molar-refractivity contribution is 5.95. The molecule has 1 aliphatic heterocycles. The van der Waals surface area contributed by atoms with Crippen LogP contribution in [0.1, 0.15) is 43.5 Å². The summed E-state index contributed by atoms with van der Waals surface area (Å²) < 4.78 is 11.2. The van der Waals surface area contributed by atoms with E-state index in [0.717, 1.165) is 6.42 Å². The number of amides is 1. The molecule has 0 unspecified atom stereocenters. The largest absolute Gasteiger partial charge is 0.490 e. The Kier molecular flexibility index (Phi) is 6.46. The highest BCUT2D eigenvalue weighted by atomic mass is 16.5. The number of aliphatic carboxylic acids is 1.